The summed E-state index contributed by atoms with van der Waals surface area (Å²) < 4.78 is 16.6. The molecule has 0 aliphatic heterocycles. The quantitative estimate of drug-likeness (QED) is 0.298. The third kappa shape index (κ3) is 6.96. The van der Waals surface area contributed by atoms with Crippen molar-refractivity contribution >= 4 is 5.57 Å². The highest BCUT2D eigenvalue weighted by molar-refractivity contribution is 5.77. The minimum atomic E-state index is 0.450. The van der Waals surface area contributed by atoms with Gasteiger partial charge in [0.05, 0.1) is 26.1 Å². The van der Waals surface area contributed by atoms with Gasteiger partial charge in [-0.15, -0.1) is 0 Å². The van der Waals surface area contributed by atoms with Gasteiger partial charge in [-0.1, -0.05) is 56.8 Å². The summed E-state index contributed by atoms with van der Waals surface area (Å²) in [5.41, 5.74) is 4.14. The average molecular weight is 410 g/mol. The van der Waals surface area contributed by atoms with Crippen LogP contribution in [0.3, 0.4) is 0 Å². The van der Waals surface area contributed by atoms with E-state index in [-0.39, 0.29) is 0 Å². The van der Waals surface area contributed by atoms with Crippen molar-refractivity contribution in [2.24, 2.45) is 0 Å². The third-order valence-electron chi connectivity index (χ3n) is 4.89. The molecule has 0 aliphatic carbocycles. The monoisotopic (exact) mass is 409 g/mol. The van der Waals surface area contributed by atoms with Gasteiger partial charge in [-0.05, 0) is 54.8 Å². The summed E-state index contributed by atoms with van der Waals surface area (Å²) in [4.78, 5) is 2.50. The molecule has 162 valence electrons. The molecule has 0 unspecified atom stereocenters. The van der Waals surface area contributed by atoms with E-state index >= 15 is 0 Å². The van der Waals surface area contributed by atoms with E-state index in [2.05, 4.69) is 37.5 Å². The van der Waals surface area contributed by atoms with Crippen LogP contribution >= 0.6 is 0 Å². The number of hydrogen-bond donors (Lipinski definition) is 0. The van der Waals surface area contributed by atoms with Crippen LogP contribution in [-0.4, -0.2) is 32.2 Å². The number of rotatable bonds is 13. The van der Waals surface area contributed by atoms with Crippen molar-refractivity contribution < 1.29 is 14.2 Å². The number of benzene rings is 2. The van der Waals surface area contributed by atoms with E-state index < -0.39 is 0 Å². The van der Waals surface area contributed by atoms with Gasteiger partial charge in [-0.25, -0.2) is 0 Å². The molecule has 0 fully saturated rings. The van der Waals surface area contributed by atoms with E-state index in [1.54, 1.807) is 20.5 Å². The zero-order valence-electron chi connectivity index (χ0n) is 18.8. The molecule has 0 bridgehead atoms. The van der Waals surface area contributed by atoms with Crippen molar-refractivity contribution in [3.63, 3.8) is 0 Å². The van der Waals surface area contributed by atoms with E-state index in [1.807, 2.05) is 36.4 Å². The molecule has 30 heavy (non-hydrogen) atoms. The molecule has 0 amide bonds. The Hall–Kier alpha value is -2.72. The lowest BCUT2D eigenvalue weighted by atomic mass is 10.00. The standard InChI is InChI=1S/C26H35NO3/c1-6-16-27(17-7-2)18-22-12-14-24(15-13-22)30-19-23-10-8-9-11-25(23)26(20-28-4)21(3)29-5/h8-15,20H,3,6-7,16-19H2,1-2,4-5H3/b26-20-. The highest BCUT2D eigenvalue weighted by Gasteiger charge is 2.12. The Kier molecular flexibility index (Phi) is 10.0. The van der Waals surface area contributed by atoms with Gasteiger partial charge in [0.15, 0.2) is 0 Å². The van der Waals surface area contributed by atoms with E-state index in [1.165, 1.54) is 18.4 Å². The maximum absolute atomic E-state index is 6.08. The van der Waals surface area contributed by atoms with Crippen LogP contribution in [-0.2, 0) is 22.6 Å². The Bertz CT molecular complexity index is 805. The molecule has 0 aliphatic rings. The zero-order valence-corrected chi connectivity index (χ0v) is 18.8. The molecule has 0 radical (unpaired) electrons. The van der Waals surface area contributed by atoms with Gasteiger partial charge in [0.2, 0.25) is 0 Å². The van der Waals surface area contributed by atoms with Crippen molar-refractivity contribution in [2.45, 2.75) is 39.8 Å². The van der Waals surface area contributed by atoms with E-state index in [4.69, 9.17) is 14.2 Å². The second-order valence-corrected chi connectivity index (χ2v) is 7.26. The van der Waals surface area contributed by atoms with Gasteiger partial charge in [0, 0.05) is 6.54 Å². The molecule has 0 heterocycles. The van der Waals surface area contributed by atoms with Gasteiger partial charge >= 0.3 is 0 Å². The number of allylic oxidation sites excluding steroid dienone is 1. The second-order valence-electron chi connectivity index (χ2n) is 7.26. The summed E-state index contributed by atoms with van der Waals surface area (Å²) >= 11 is 0. The fourth-order valence-electron chi connectivity index (χ4n) is 3.43. The predicted molar refractivity (Wildman–Crippen MR) is 124 cm³/mol. The smallest absolute Gasteiger partial charge is 0.122 e. The Labute approximate surface area is 181 Å². The van der Waals surface area contributed by atoms with Gasteiger partial charge in [0.25, 0.3) is 0 Å². The maximum Gasteiger partial charge on any atom is 0.122 e. The Balaban J connectivity index is 2.07. The molecule has 2 aromatic carbocycles. The molecule has 4 heteroatoms. The Morgan fingerprint density at radius 3 is 2.23 bits per heavy atom. The zero-order chi connectivity index (χ0) is 21.8. The number of hydrogen-bond acceptors (Lipinski definition) is 4. The summed E-state index contributed by atoms with van der Waals surface area (Å²) in [6.07, 6.45) is 4.00. The SMILES string of the molecule is C=C(OC)/C(=C/OC)c1ccccc1COc1ccc(CN(CCC)CCC)cc1. The summed E-state index contributed by atoms with van der Waals surface area (Å²) in [5.74, 6) is 1.41. The minimum Gasteiger partial charge on any atom is -0.504 e. The van der Waals surface area contributed by atoms with Crippen LogP contribution in [0.25, 0.3) is 5.57 Å². The first-order chi connectivity index (χ1) is 14.6. The first-order valence-electron chi connectivity index (χ1n) is 10.6. The third-order valence-corrected chi connectivity index (χ3v) is 4.89. The van der Waals surface area contributed by atoms with Crippen molar-refractivity contribution in [1.29, 1.82) is 0 Å². The predicted octanol–water partition coefficient (Wildman–Crippen LogP) is 6.04. The van der Waals surface area contributed by atoms with Crippen LogP contribution in [0.1, 0.15) is 43.4 Å². The molecule has 4 nitrogen and oxygen atoms in total. The van der Waals surface area contributed by atoms with E-state index in [9.17, 15) is 0 Å². The topological polar surface area (TPSA) is 30.9 Å². The van der Waals surface area contributed by atoms with Gasteiger partial charge in [-0.3, -0.25) is 4.90 Å². The largest absolute Gasteiger partial charge is 0.504 e. The fraction of sp³-hybridized carbons (Fsp3) is 0.385. The van der Waals surface area contributed by atoms with Gasteiger partial charge < -0.3 is 14.2 Å². The first kappa shape index (κ1) is 23.6. The second kappa shape index (κ2) is 12.8. The average Bonchev–Trinajstić information content (AvgIpc) is 2.77. The van der Waals surface area contributed by atoms with Crippen molar-refractivity contribution in [3.05, 3.63) is 83.8 Å². The first-order valence-corrected chi connectivity index (χ1v) is 10.6. The van der Waals surface area contributed by atoms with Gasteiger partial charge in [-0.2, -0.15) is 0 Å². The number of ether oxygens (including phenoxy) is 3. The lowest BCUT2D eigenvalue weighted by Crippen LogP contribution is -2.24. The molecular weight excluding hydrogens is 374 g/mol. The minimum absolute atomic E-state index is 0.450. The highest BCUT2D eigenvalue weighted by Crippen LogP contribution is 2.27. The van der Waals surface area contributed by atoms with Crippen molar-refractivity contribution in [2.75, 3.05) is 27.3 Å². The Morgan fingerprint density at radius 1 is 0.967 bits per heavy atom. The van der Waals surface area contributed by atoms with Crippen LogP contribution in [0.2, 0.25) is 0 Å². The molecular formula is C26H35NO3. The molecule has 0 aromatic heterocycles. The molecule has 0 atom stereocenters. The van der Waals surface area contributed by atoms with Crippen molar-refractivity contribution in [1.82, 2.24) is 4.90 Å². The molecule has 2 aromatic rings. The molecule has 0 saturated carbocycles. The molecule has 0 saturated heterocycles. The number of nitrogens with zero attached hydrogens (tertiary/aromatic N) is 1. The lowest BCUT2D eigenvalue weighted by molar-refractivity contribution is 0.266. The van der Waals surface area contributed by atoms with Crippen LogP contribution in [0.5, 0.6) is 5.75 Å². The maximum atomic E-state index is 6.08. The van der Waals surface area contributed by atoms with Crippen LogP contribution in [0.4, 0.5) is 0 Å². The lowest BCUT2D eigenvalue weighted by Gasteiger charge is -2.21. The van der Waals surface area contributed by atoms with Crippen LogP contribution < -0.4 is 4.74 Å². The van der Waals surface area contributed by atoms with E-state index in [0.717, 1.165) is 42.1 Å². The summed E-state index contributed by atoms with van der Waals surface area (Å²) in [7, 11) is 3.22. The Morgan fingerprint density at radius 2 is 1.63 bits per heavy atom. The summed E-state index contributed by atoms with van der Waals surface area (Å²) in [6.45, 7) is 12.1. The van der Waals surface area contributed by atoms with E-state index in [0.29, 0.717) is 12.4 Å². The molecule has 0 spiro atoms. The summed E-state index contributed by atoms with van der Waals surface area (Å²) in [5, 5.41) is 0. The highest BCUT2D eigenvalue weighted by atomic mass is 16.5. The molecule has 0 N–H and O–H groups in total. The van der Waals surface area contributed by atoms with Gasteiger partial charge in [0.1, 0.15) is 18.1 Å². The fourth-order valence-corrected chi connectivity index (χ4v) is 3.43. The van der Waals surface area contributed by atoms with Crippen LogP contribution in [0, 0.1) is 0 Å². The number of methoxy groups -OCH3 is 2. The summed E-state index contributed by atoms with van der Waals surface area (Å²) in [6, 6.07) is 16.5. The van der Waals surface area contributed by atoms with Crippen LogP contribution in [0.15, 0.2) is 67.1 Å². The molecule has 2 rings (SSSR count). The normalized spacial score (nSPS) is 11.4. The van der Waals surface area contributed by atoms with Crippen molar-refractivity contribution in [3.8, 4) is 5.75 Å².